The largest absolute Gasteiger partial charge is 0.325 e. The second kappa shape index (κ2) is 5.28. The maximum atomic E-state index is 11.7. The summed E-state index contributed by atoms with van der Waals surface area (Å²) >= 11 is 1.60. The average Bonchev–Trinajstić information content (AvgIpc) is 2.71. The van der Waals surface area contributed by atoms with Gasteiger partial charge in [0.1, 0.15) is 0 Å². The monoisotopic (exact) mass is 224 g/mol. The number of thiophene rings is 1. The quantitative estimate of drug-likeness (QED) is 0.825. The number of amides is 1. The van der Waals surface area contributed by atoms with Gasteiger partial charge in [-0.25, -0.2) is 0 Å². The van der Waals surface area contributed by atoms with Crippen molar-refractivity contribution in [3.05, 3.63) is 16.8 Å². The highest BCUT2D eigenvalue weighted by atomic mass is 32.1. The van der Waals surface area contributed by atoms with Crippen LogP contribution in [0.4, 0.5) is 5.69 Å². The summed E-state index contributed by atoms with van der Waals surface area (Å²) in [6.45, 7) is 2.10. The molecule has 0 saturated carbocycles. The van der Waals surface area contributed by atoms with Crippen LogP contribution in [-0.2, 0) is 4.79 Å². The third-order valence-electron chi connectivity index (χ3n) is 2.74. The Morgan fingerprint density at radius 3 is 3.00 bits per heavy atom. The van der Waals surface area contributed by atoms with Crippen molar-refractivity contribution in [1.82, 2.24) is 5.32 Å². The zero-order chi connectivity index (χ0) is 10.5. The van der Waals surface area contributed by atoms with Gasteiger partial charge in [-0.15, -0.1) is 0 Å². The fourth-order valence-corrected chi connectivity index (χ4v) is 2.48. The van der Waals surface area contributed by atoms with Crippen molar-refractivity contribution in [2.45, 2.75) is 19.3 Å². The second-order valence-corrected chi connectivity index (χ2v) is 4.74. The van der Waals surface area contributed by atoms with Crippen LogP contribution in [0.2, 0.25) is 0 Å². The van der Waals surface area contributed by atoms with Crippen molar-refractivity contribution in [2.24, 2.45) is 5.92 Å². The lowest BCUT2D eigenvalue weighted by Gasteiger charge is -2.21. The fraction of sp³-hybridized carbons (Fsp3) is 0.545. The Hall–Kier alpha value is -0.870. The van der Waals surface area contributed by atoms with Crippen molar-refractivity contribution in [2.75, 3.05) is 18.4 Å². The fourth-order valence-electron chi connectivity index (χ4n) is 1.90. The van der Waals surface area contributed by atoms with Gasteiger partial charge in [0.05, 0.1) is 5.69 Å². The highest BCUT2D eigenvalue weighted by Crippen LogP contribution is 2.18. The molecule has 1 fully saturated rings. The first-order chi connectivity index (χ1) is 7.34. The lowest BCUT2D eigenvalue weighted by Crippen LogP contribution is -2.30. The Labute approximate surface area is 93.9 Å². The molecule has 0 aromatic carbocycles. The molecule has 0 bridgehead atoms. The summed E-state index contributed by atoms with van der Waals surface area (Å²) in [4.78, 5) is 11.7. The summed E-state index contributed by atoms with van der Waals surface area (Å²) in [5, 5.41) is 10.2. The number of hydrogen-bond acceptors (Lipinski definition) is 3. The summed E-state index contributed by atoms with van der Waals surface area (Å²) in [6.07, 6.45) is 2.91. The van der Waals surface area contributed by atoms with Gasteiger partial charge >= 0.3 is 0 Å². The summed E-state index contributed by atoms with van der Waals surface area (Å²) in [5.41, 5.74) is 0.930. The normalized spacial score (nSPS) is 17.6. The van der Waals surface area contributed by atoms with Crippen LogP contribution in [0.15, 0.2) is 16.8 Å². The minimum absolute atomic E-state index is 0.153. The van der Waals surface area contributed by atoms with Gasteiger partial charge in [0.15, 0.2) is 0 Å². The zero-order valence-electron chi connectivity index (χ0n) is 8.66. The molecular formula is C11H16N2OS. The van der Waals surface area contributed by atoms with Crippen LogP contribution >= 0.6 is 11.3 Å². The van der Waals surface area contributed by atoms with Gasteiger partial charge in [-0.2, -0.15) is 11.3 Å². The third kappa shape index (κ3) is 3.32. The third-order valence-corrected chi connectivity index (χ3v) is 3.42. The van der Waals surface area contributed by atoms with Crippen LogP contribution in [0.1, 0.15) is 19.3 Å². The Balaban J connectivity index is 1.76. The molecule has 1 aliphatic rings. The number of nitrogens with one attached hydrogen (secondary N) is 2. The molecule has 3 nitrogen and oxygen atoms in total. The van der Waals surface area contributed by atoms with E-state index in [-0.39, 0.29) is 5.91 Å². The number of carbonyl (C=O) groups is 1. The number of rotatable bonds is 3. The molecule has 15 heavy (non-hydrogen) atoms. The van der Waals surface area contributed by atoms with E-state index in [1.807, 2.05) is 16.8 Å². The average molecular weight is 224 g/mol. The molecule has 0 unspecified atom stereocenters. The molecule has 0 radical (unpaired) electrons. The molecule has 0 aliphatic carbocycles. The van der Waals surface area contributed by atoms with Crippen LogP contribution in [0.5, 0.6) is 0 Å². The number of carbonyl (C=O) groups excluding carboxylic acids is 1. The minimum atomic E-state index is 0.153. The van der Waals surface area contributed by atoms with Gasteiger partial charge in [-0.3, -0.25) is 4.79 Å². The van der Waals surface area contributed by atoms with Crippen LogP contribution < -0.4 is 10.6 Å². The number of piperidine rings is 1. The lowest BCUT2D eigenvalue weighted by molar-refractivity contribution is -0.117. The van der Waals surface area contributed by atoms with Crippen molar-refractivity contribution in [3.8, 4) is 0 Å². The molecule has 0 atom stereocenters. The van der Waals surface area contributed by atoms with Gasteiger partial charge in [0.25, 0.3) is 0 Å². The molecule has 1 aromatic rings. The van der Waals surface area contributed by atoms with E-state index in [0.717, 1.165) is 31.6 Å². The van der Waals surface area contributed by atoms with Crippen molar-refractivity contribution >= 4 is 22.9 Å². The van der Waals surface area contributed by atoms with Gasteiger partial charge in [-0.05, 0) is 43.3 Å². The molecule has 82 valence electrons. The van der Waals surface area contributed by atoms with Gasteiger partial charge in [-0.1, -0.05) is 0 Å². The van der Waals surface area contributed by atoms with E-state index in [9.17, 15) is 4.79 Å². The van der Waals surface area contributed by atoms with Crippen LogP contribution in [0.25, 0.3) is 0 Å². The second-order valence-electron chi connectivity index (χ2n) is 3.96. The molecule has 1 aromatic heterocycles. The summed E-state index contributed by atoms with van der Waals surface area (Å²) in [5.74, 6) is 0.713. The predicted molar refractivity (Wildman–Crippen MR) is 63.2 cm³/mol. The molecule has 1 saturated heterocycles. The van der Waals surface area contributed by atoms with Gasteiger partial charge in [0, 0.05) is 11.8 Å². The van der Waals surface area contributed by atoms with Crippen LogP contribution in [0, 0.1) is 5.92 Å². The van der Waals surface area contributed by atoms with Crippen LogP contribution in [0.3, 0.4) is 0 Å². The van der Waals surface area contributed by atoms with Crippen molar-refractivity contribution < 1.29 is 4.79 Å². The van der Waals surface area contributed by atoms with E-state index >= 15 is 0 Å². The van der Waals surface area contributed by atoms with E-state index in [4.69, 9.17) is 0 Å². The predicted octanol–water partition coefficient (Wildman–Crippen LogP) is 2.08. The van der Waals surface area contributed by atoms with E-state index < -0.39 is 0 Å². The van der Waals surface area contributed by atoms with E-state index in [1.54, 1.807) is 11.3 Å². The smallest absolute Gasteiger partial charge is 0.224 e. The first-order valence-corrected chi connectivity index (χ1v) is 6.31. The van der Waals surface area contributed by atoms with Gasteiger partial charge in [0.2, 0.25) is 5.91 Å². The van der Waals surface area contributed by atoms with Crippen LogP contribution in [-0.4, -0.2) is 19.0 Å². The van der Waals surface area contributed by atoms with Gasteiger partial charge < -0.3 is 10.6 Å². The molecular weight excluding hydrogens is 208 g/mol. The van der Waals surface area contributed by atoms with Crippen molar-refractivity contribution in [1.29, 1.82) is 0 Å². The number of anilines is 1. The first-order valence-electron chi connectivity index (χ1n) is 5.37. The van der Waals surface area contributed by atoms with E-state index in [0.29, 0.717) is 12.3 Å². The maximum Gasteiger partial charge on any atom is 0.224 e. The van der Waals surface area contributed by atoms with Crippen molar-refractivity contribution in [3.63, 3.8) is 0 Å². The van der Waals surface area contributed by atoms with E-state index in [1.165, 1.54) is 0 Å². The summed E-state index contributed by atoms with van der Waals surface area (Å²) < 4.78 is 0. The number of hydrogen-bond donors (Lipinski definition) is 2. The zero-order valence-corrected chi connectivity index (χ0v) is 9.48. The van der Waals surface area contributed by atoms with E-state index in [2.05, 4.69) is 10.6 Å². The Kier molecular flexibility index (Phi) is 3.75. The topological polar surface area (TPSA) is 41.1 Å². The summed E-state index contributed by atoms with van der Waals surface area (Å²) in [7, 11) is 0. The molecule has 0 spiro atoms. The SMILES string of the molecule is O=C(CC1CCNCC1)Nc1ccsc1. The Morgan fingerprint density at radius 1 is 1.53 bits per heavy atom. The summed E-state index contributed by atoms with van der Waals surface area (Å²) in [6, 6.07) is 1.94. The standard InChI is InChI=1S/C11H16N2OS/c14-11(13-10-3-6-15-8-10)7-9-1-4-12-5-2-9/h3,6,8-9,12H,1-2,4-5,7H2,(H,13,14). The molecule has 2 heterocycles. The molecule has 1 amide bonds. The Morgan fingerprint density at radius 2 is 2.33 bits per heavy atom. The molecule has 4 heteroatoms. The Bertz CT molecular complexity index is 304. The highest BCUT2D eigenvalue weighted by Gasteiger charge is 2.16. The molecule has 2 rings (SSSR count). The maximum absolute atomic E-state index is 11.7. The lowest BCUT2D eigenvalue weighted by atomic mass is 9.94. The first kappa shape index (κ1) is 10.6. The minimum Gasteiger partial charge on any atom is -0.325 e. The molecule has 1 aliphatic heterocycles. The highest BCUT2D eigenvalue weighted by molar-refractivity contribution is 7.08. The molecule has 2 N–H and O–H groups in total.